The maximum absolute atomic E-state index is 9.53. The first-order valence-corrected chi connectivity index (χ1v) is 4.67. The molecular formula is C10H7N5O. The fraction of sp³-hybridized carbons (Fsp3) is 0. The molecule has 3 heterocycles. The molecule has 0 atom stereocenters. The van der Waals surface area contributed by atoms with Gasteiger partial charge in [0, 0.05) is 18.5 Å². The van der Waals surface area contributed by atoms with Crippen molar-refractivity contribution in [2.24, 2.45) is 0 Å². The van der Waals surface area contributed by atoms with Crippen molar-refractivity contribution in [1.82, 2.24) is 24.6 Å². The Morgan fingerprint density at radius 2 is 2.00 bits per heavy atom. The van der Waals surface area contributed by atoms with Crippen molar-refractivity contribution in [3.8, 4) is 17.4 Å². The van der Waals surface area contributed by atoms with Crippen LogP contribution in [-0.2, 0) is 0 Å². The van der Waals surface area contributed by atoms with Gasteiger partial charge in [0.1, 0.15) is 5.69 Å². The average Bonchev–Trinajstić information content (AvgIpc) is 2.76. The van der Waals surface area contributed by atoms with E-state index >= 15 is 0 Å². The molecule has 0 aliphatic heterocycles. The monoisotopic (exact) mass is 213 g/mol. The van der Waals surface area contributed by atoms with Crippen LogP contribution in [0.25, 0.3) is 17.3 Å². The highest BCUT2D eigenvalue weighted by Crippen LogP contribution is 2.14. The van der Waals surface area contributed by atoms with E-state index in [0.717, 1.165) is 0 Å². The number of rotatable bonds is 1. The highest BCUT2D eigenvalue weighted by molar-refractivity contribution is 5.51. The van der Waals surface area contributed by atoms with Crippen molar-refractivity contribution >= 4 is 5.78 Å². The number of hydrogen-bond acceptors (Lipinski definition) is 5. The van der Waals surface area contributed by atoms with Crippen LogP contribution in [0.3, 0.4) is 0 Å². The minimum atomic E-state index is -0.000295. The van der Waals surface area contributed by atoms with Crippen molar-refractivity contribution in [2.45, 2.75) is 0 Å². The lowest BCUT2D eigenvalue weighted by Crippen LogP contribution is -1.90. The molecule has 0 aliphatic rings. The molecule has 0 aliphatic carbocycles. The summed E-state index contributed by atoms with van der Waals surface area (Å²) >= 11 is 0. The fourth-order valence-electron chi connectivity index (χ4n) is 1.39. The van der Waals surface area contributed by atoms with Crippen molar-refractivity contribution < 1.29 is 5.11 Å². The van der Waals surface area contributed by atoms with E-state index in [0.29, 0.717) is 17.3 Å². The molecule has 0 aromatic carbocycles. The summed E-state index contributed by atoms with van der Waals surface area (Å²) in [6.07, 6.45) is 3.13. The van der Waals surface area contributed by atoms with Crippen LogP contribution in [-0.4, -0.2) is 29.7 Å². The van der Waals surface area contributed by atoms with Gasteiger partial charge in [-0.2, -0.15) is 9.50 Å². The second-order valence-electron chi connectivity index (χ2n) is 3.17. The Morgan fingerprint density at radius 1 is 1.06 bits per heavy atom. The zero-order valence-corrected chi connectivity index (χ0v) is 8.15. The molecule has 0 bridgehead atoms. The van der Waals surface area contributed by atoms with Gasteiger partial charge in [0.15, 0.2) is 0 Å². The molecule has 3 aromatic heterocycles. The van der Waals surface area contributed by atoms with Gasteiger partial charge in [0.2, 0.25) is 11.7 Å². The third-order valence-corrected chi connectivity index (χ3v) is 2.11. The number of hydrogen-bond donors (Lipinski definition) is 1. The van der Waals surface area contributed by atoms with E-state index in [1.807, 2.05) is 12.1 Å². The van der Waals surface area contributed by atoms with Gasteiger partial charge in [0.25, 0.3) is 5.78 Å². The van der Waals surface area contributed by atoms with Crippen molar-refractivity contribution in [2.75, 3.05) is 0 Å². The maximum Gasteiger partial charge on any atom is 0.255 e. The molecule has 0 unspecified atom stereocenters. The Morgan fingerprint density at radius 3 is 2.75 bits per heavy atom. The van der Waals surface area contributed by atoms with E-state index in [1.165, 1.54) is 16.8 Å². The Bertz CT molecular complexity index is 634. The van der Waals surface area contributed by atoms with Crippen LogP contribution in [0.2, 0.25) is 0 Å². The zero-order valence-electron chi connectivity index (χ0n) is 8.15. The van der Waals surface area contributed by atoms with Gasteiger partial charge in [-0.25, -0.2) is 4.98 Å². The topological polar surface area (TPSA) is 76.2 Å². The Hall–Kier alpha value is -2.50. The normalized spacial score (nSPS) is 10.8. The van der Waals surface area contributed by atoms with E-state index < -0.39 is 0 Å². The third kappa shape index (κ3) is 1.28. The smallest absolute Gasteiger partial charge is 0.255 e. The molecule has 0 radical (unpaired) electrons. The van der Waals surface area contributed by atoms with Crippen molar-refractivity contribution in [1.29, 1.82) is 0 Å². The minimum absolute atomic E-state index is 0.000295. The Kier molecular flexibility index (Phi) is 1.79. The lowest BCUT2D eigenvalue weighted by molar-refractivity contribution is 0.435. The molecular weight excluding hydrogens is 206 g/mol. The molecule has 0 saturated heterocycles. The van der Waals surface area contributed by atoms with Crippen LogP contribution >= 0.6 is 0 Å². The van der Waals surface area contributed by atoms with Gasteiger partial charge < -0.3 is 5.11 Å². The number of aromatic nitrogens is 5. The van der Waals surface area contributed by atoms with Crippen LogP contribution in [0.1, 0.15) is 0 Å². The molecule has 0 saturated carbocycles. The Balaban J connectivity index is 2.23. The minimum Gasteiger partial charge on any atom is -0.493 e. The van der Waals surface area contributed by atoms with Gasteiger partial charge in [0.05, 0.1) is 0 Å². The molecule has 16 heavy (non-hydrogen) atoms. The summed E-state index contributed by atoms with van der Waals surface area (Å²) in [6.45, 7) is 0. The number of nitrogens with zero attached hydrogens (tertiary/aromatic N) is 5. The lowest BCUT2D eigenvalue weighted by atomic mass is 10.3. The first-order chi connectivity index (χ1) is 7.84. The van der Waals surface area contributed by atoms with E-state index in [-0.39, 0.29) is 5.88 Å². The second kappa shape index (κ2) is 3.27. The summed E-state index contributed by atoms with van der Waals surface area (Å²) in [5.74, 6) is 0.787. The van der Waals surface area contributed by atoms with E-state index in [1.54, 1.807) is 12.3 Å². The van der Waals surface area contributed by atoms with Crippen LogP contribution in [0.5, 0.6) is 5.88 Å². The fourth-order valence-corrected chi connectivity index (χ4v) is 1.39. The van der Waals surface area contributed by atoms with Gasteiger partial charge >= 0.3 is 0 Å². The summed E-state index contributed by atoms with van der Waals surface area (Å²) in [6, 6.07) is 6.91. The SMILES string of the molecule is Oc1ccnc2nc(-c3ccccn3)nn12. The molecule has 6 nitrogen and oxygen atoms in total. The molecule has 0 amide bonds. The predicted octanol–water partition coefficient (Wildman–Crippen LogP) is 0.892. The summed E-state index contributed by atoms with van der Waals surface area (Å²) in [5, 5.41) is 13.6. The van der Waals surface area contributed by atoms with Crippen LogP contribution in [0, 0.1) is 0 Å². The molecule has 3 rings (SSSR count). The third-order valence-electron chi connectivity index (χ3n) is 2.11. The molecule has 6 heteroatoms. The summed E-state index contributed by atoms with van der Waals surface area (Å²) in [5.41, 5.74) is 0.646. The number of aromatic hydroxyl groups is 1. The van der Waals surface area contributed by atoms with Crippen molar-refractivity contribution in [3.05, 3.63) is 36.7 Å². The van der Waals surface area contributed by atoms with Crippen LogP contribution < -0.4 is 0 Å². The number of pyridine rings is 1. The zero-order chi connectivity index (χ0) is 11.0. The first-order valence-electron chi connectivity index (χ1n) is 4.67. The van der Waals surface area contributed by atoms with E-state index in [4.69, 9.17) is 0 Å². The maximum atomic E-state index is 9.53. The van der Waals surface area contributed by atoms with Gasteiger partial charge in [-0.05, 0) is 12.1 Å². The van der Waals surface area contributed by atoms with Gasteiger partial charge in [-0.15, -0.1) is 5.10 Å². The summed E-state index contributed by atoms with van der Waals surface area (Å²) < 4.78 is 1.27. The molecule has 3 aromatic rings. The standard InChI is InChI=1S/C10H7N5O/c16-8-4-6-12-10-13-9(14-15(8)10)7-3-1-2-5-11-7/h1-6,16H. The first kappa shape index (κ1) is 8.78. The van der Waals surface area contributed by atoms with E-state index in [2.05, 4.69) is 20.1 Å². The summed E-state index contributed by atoms with van der Waals surface area (Å²) in [4.78, 5) is 12.3. The highest BCUT2D eigenvalue weighted by Gasteiger charge is 2.09. The quantitative estimate of drug-likeness (QED) is 0.649. The molecule has 78 valence electrons. The van der Waals surface area contributed by atoms with E-state index in [9.17, 15) is 5.11 Å². The van der Waals surface area contributed by atoms with Gasteiger partial charge in [-0.1, -0.05) is 6.07 Å². The largest absolute Gasteiger partial charge is 0.493 e. The van der Waals surface area contributed by atoms with Crippen LogP contribution in [0.15, 0.2) is 36.7 Å². The average molecular weight is 213 g/mol. The summed E-state index contributed by atoms with van der Waals surface area (Å²) in [7, 11) is 0. The molecule has 1 N–H and O–H groups in total. The highest BCUT2D eigenvalue weighted by atomic mass is 16.3. The molecule has 0 spiro atoms. The lowest BCUT2D eigenvalue weighted by Gasteiger charge is -1.92. The molecule has 0 fully saturated rings. The van der Waals surface area contributed by atoms with Crippen LogP contribution in [0.4, 0.5) is 0 Å². The second-order valence-corrected chi connectivity index (χ2v) is 3.17. The predicted molar refractivity (Wildman–Crippen MR) is 55.7 cm³/mol. The van der Waals surface area contributed by atoms with Gasteiger partial charge in [-0.3, -0.25) is 4.98 Å². The number of fused-ring (bicyclic) bond motifs is 1. The van der Waals surface area contributed by atoms with Crippen molar-refractivity contribution in [3.63, 3.8) is 0 Å². The Labute approximate surface area is 90.2 Å².